The second kappa shape index (κ2) is 7.41. The smallest absolute Gasteiger partial charge is 0.317 e. The number of carbonyl (C=O) groups excluding carboxylic acids is 1. The molecule has 0 aliphatic rings. The van der Waals surface area contributed by atoms with Crippen molar-refractivity contribution in [2.45, 2.75) is 20.0 Å². The summed E-state index contributed by atoms with van der Waals surface area (Å²) in [5.41, 5.74) is 2.79. The number of halogens is 1. The lowest BCUT2D eigenvalue weighted by molar-refractivity contribution is 0.206. The summed E-state index contributed by atoms with van der Waals surface area (Å²) < 4.78 is 13.8. The van der Waals surface area contributed by atoms with Crippen LogP contribution in [0.4, 0.5) is 9.18 Å². The molecule has 0 fully saturated rings. The van der Waals surface area contributed by atoms with Crippen molar-refractivity contribution in [1.29, 1.82) is 5.26 Å². The minimum Gasteiger partial charge on any atom is -0.334 e. The molecule has 4 nitrogen and oxygen atoms in total. The Hall–Kier alpha value is -2.87. The molecule has 118 valence electrons. The predicted octanol–water partition coefficient (Wildman–Crippen LogP) is 3.35. The number of nitrogens with zero attached hydrogens (tertiary/aromatic N) is 2. The number of urea groups is 1. The zero-order valence-corrected chi connectivity index (χ0v) is 13.1. The van der Waals surface area contributed by atoms with E-state index in [4.69, 9.17) is 5.26 Å². The quantitative estimate of drug-likeness (QED) is 0.941. The van der Waals surface area contributed by atoms with Gasteiger partial charge in [-0.05, 0) is 30.2 Å². The zero-order valence-electron chi connectivity index (χ0n) is 13.1. The van der Waals surface area contributed by atoms with E-state index in [1.165, 1.54) is 18.2 Å². The highest BCUT2D eigenvalue weighted by Gasteiger charge is 2.11. The molecule has 2 aromatic carbocycles. The highest BCUT2D eigenvalue weighted by Crippen LogP contribution is 2.11. The summed E-state index contributed by atoms with van der Waals surface area (Å²) in [6.07, 6.45) is 0. The van der Waals surface area contributed by atoms with Crippen molar-refractivity contribution < 1.29 is 9.18 Å². The Balaban J connectivity index is 1.94. The Labute approximate surface area is 135 Å². The first-order valence-electron chi connectivity index (χ1n) is 7.23. The first-order chi connectivity index (χ1) is 11.0. The van der Waals surface area contributed by atoms with Gasteiger partial charge in [0.05, 0.1) is 11.6 Å². The summed E-state index contributed by atoms with van der Waals surface area (Å²) >= 11 is 0. The molecule has 0 unspecified atom stereocenters. The van der Waals surface area contributed by atoms with Crippen LogP contribution in [0.2, 0.25) is 0 Å². The maximum atomic E-state index is 13.8. The van der Waals surface area contributed by atoms with Crippen LogP contribution < -0.4 is 5.32 Å². The zero-order chi connectivity index (χ0) is 16.8. The third-order valence-corrected chi connectivity index (χ3v) is 3.63. The Morgan fingerprint density at radius 2 is 2.00 bits per heavy atom. The van der Waals surface area contributed by atoms with E-state index in [0.29, 0.717) is 12.1 Å². The highest BCUT2D eigenvalue weighted by molar-refractivity contribution is 5.73. The summed E-state index contributed by atoms with van der Waals surface area (Å²) in [5, 5.41) is 11.4. The van der Waals surface area contributed by atoms with Gasteiger partial charge in [0.25, 0.3) is 0 Å². The summed E-state index contributed by atoms with van der Waals surface area (Å²) in [4.78, 5) is 13.7. The molecule has 0 aliphatic heterocycles. The van der Waals surface area contributed by atoms with Gasteiger partial charge in [-0.3, -0.25) is 0 Å². The normalized spacial score (nSPS) is 10.0. The summed E-state index contributed by atoms with van der Waals surface area (Å²) in [6.45, 7) is 2.55. The molecule has 0 bridgehead atoms. The molecule has 0 spiro atoms. The van der Waals surface area contributed by atoms with E-state index in [1.807, 2.05) is 37.3 Å². The summed E-state index contributed by atoms with van der Waals surface area (Å²) in [5.74, 6) is -0.495. The average Bonchev–Trinajstić information content (AvgIpc) is 2.55. The van der Waals surface area contributed by atoms with E-state index < -0.39 is 5.82 Å². The Bertz CT molecular complexity index is 752. The van der Waals surface area contributed by atoms with Gasteiger partial charge in [0.2, 0.25) is 0 Å². The fourth-order valence-corrected chi connectivity index (χ4v) is 2.18. The first kappa shape index (κ1) is 16.5. The number of amides is 2. The van der Waals surface area contributed by atoms with Crippen molar-refractivity contribution in [1.82, 2.24) is 10.2 Å². The summed E-state index contributed by atoms with van der Waals surface area (Å²) in [6, 6.07) is 13.6. The second-order valence-electron chi connectivity index (χ2n) is 5.36. The maximum Gasteiger partial charge on any atom is 0.317 e. The molecular weight excluding hydrogens is 293 g/mol. The maximum absolute atomic E-state index is 13.8. The molecular formula is C18H18FN3O. The average molecular weight is 311 g/mol. The van der Waals surface area contributed by atoms with Crippen LogP contribution in [-0.2, 0) is 13.1 Å². The van der Waals surface area contributed by atoms with E-state index in [-0.39, 0.29) is 18.1 Å². The number of nitrogens with one attached hydrogen (secondary N) is 1. The molecule has 0 saturated carbocycles. The number of hydrogen-bond acceptors (Lipinski definition) is 2. The van der Waals surface area contributed by atoms with Crippen LogP contribution >= 0.6 is 0 Å². The number of nitriles is 1. The molecule has 2 aromatic rings. The number of aryl methyl sites for hydroxylation is 1. The van der Waals surface area contributed by atoms with Crippen molar-refractivity contribution >= 4 is 6.03 Å². The molecule has 2 amide bonds. The molecule has 23 heavy (non-hydrogen) atoms. The fourth-order valence-electron chi connectivity index (χ4n) is 2.18. The van der Waals surface area contributed by atoms with Crippen molar-refractivity contribution in [3.8, 4) is 6.07 Å². The number of hydrogen-bond donors (Lipinski definition) is 1. The van der Waals surface area contributed by atoms with Crippen molar-refractivity contribution in [3.63, 3.8) is 0 Å². The van der Waals surface area contributed by atoms with Crippen LogP contribution in [0, 0.1) is 24.1 Å². The van der Waals surface area contributed by atoms with Crippen molar-refractivity contribution in [2.24, 2.45) is 0 Å². The minimum atomic E-state index is -0.495. The van der Waals surface area contributed by atoms with Crippen LogP contribution in [0.3, 0.4) is 0 Å². The van der Waals surface area contributed by atoms with Gasteiger partial charge in [-0.25, -0.2) is 9.18 Å². The van der Waals surface area contributed by atoms with E-state index in [2.05, 4.69) is 5.32 Å². The fraction of sp³-hybridized carbons (Fsp3) is 0.222. The SMILES string of the molecule is Cc1ccccc1CN(C)C(=O)NCc1ccc(C#N)cc1F. The number of rotatable bonds is 4. The topological polar surface area (TPSA) is 56.1 Å². The third-order valence-electron chi connectivity index (χ3n) is 3.63. The van der Waals surface area contributed by atoms with Crippen LogP contribution in [0.25, 0.3) is 0 Å². The standard InChI is InChI=1S/C18H18FN3O/c1-13-5-3-4-6-16(13)12-22(2)18(23)21-11-15-8-7-14(10-20)9-17(15)19/h3-9H,11-12H2,1-2H3,(H,21,23). The molecule has 1 N–H and O–H groups in total. The van der Waals surface area contributed by atoms with E-state index in [9.17, 15) is 9.18 Å². The first-order valence-corrected chi connectivity index (χ1v) is 7.23. The van der Waals surface area contributed by atoms with Gasteiger partial charge in [-0.2, -0.15) is 5.26 Å². The molecule has 0 aliphatic carbocycles. The van der Waals surface area contributed by atoms with Gasteiger partial charge in [0.15, 0.2) is 0 Å². The van der Waals surface area contributed by atoms with Gasteiger partial charge in [0, 0.05) is 25.7 Å². The summed E-state index contributed by atoms with van der Waals surface area (Å²) in [7, 11) is 1.69. The van der Waals surface area contributed by atoms with E-state index in [1.54, 1.807) is 11.9 Å². The molecule has 0 saturated heterocycles. The van der Waals surface area contributed by atoms with Crippen LogP contribution in [0.15, 0.2) is 42.5 Å². The molecule has 5 heteroatoms. The van der Waals surface area contributed by atoms with E-state index in [0.717, 1.165) is 11.1 Å². The lowest BCUT2D eigenvalue weighted by Gasteiger charge is -2.19. The van der Waals surface area contributed by atoms with Gasteiger partial charge in [-0.15, -0.1) is 0 Å². The van der Waals surface area contributed by atoms with Gasteiger partial charge in [0.1, 0.15) is 5.82 Å². The molecule has 0 heterocycles. The second-order valence-corrected chi connectivity index (χ2v) is 5.36. The molecule has 0 radical (unpaired) electrons. The van der Waals surface area contributed by atoms with Gasteiger partial charge >= 0.3 is 6.03 Å². The monoisotopic (exact) mass is 311 g/mol. The largest absolute Gasteiger partial charge is 0.334 e. The van der Waals surface area contributed by atoms with Gasteiger partial charge in [-0.1, -0.05) is 30.3 Å². The molecule has 0 aromatic heterocycles. The number of benzene rings is 2. The van der Waals surface area contributed by atoms with Crippen LogP contribution in [0.5, 0.6) is 0 Å². The van der Waals surface area contributed by atoms with Crippen LogP contribution in [-0.4, -0.2) is 18.0 Å². The Morgan fingerprint density at radius 3 is 2.65 bits per heavy atom. The minimum absolute atomic E-state index is 0.0779. The van der Waals surface area contributed by atoms with Crippen LogP contribution in [0.1, 0.15) is 22.3 Å². The number of carbonyl (C=O) groups is 1. The lowest BCUT2D eigenvalue weighted by atomic mass is 10.1. The van der Waals surface area contributed by atoms with E-state index >= 15 is 0 Å². The highest BCUT2D eigenvalue weighted by atomic mass is 19.1. The lowest BCUT2D eigenvalue weighted by Crippen LogP contribution is -2.36. The molecule has 0 atom stereocenters. The predicted molar refractivity (Wildman–Crippen MR) is 86.0 cm³/mol. The van der Waals surface area contributed by atoms with Crippen molar-refractivity contribution in [3.05, 3.63) is 70.5 Å². The Kier molecular flexibility index (Phi) is 5.32. The third kappa shape index (κ3) is 4.30. The van der Waals surface area contributed by atoms with Crippen molar-refractivity contribution in [2.75, 3.05) is 7.05 Å². The Morgan fingerprint density at radius 1 is 1.26 bits per heavy atom. The van der Waals surface area contributed by atoms with Gasteiger partial charge < -0.3 is 10.2 Å². The molecule has 2 rings (SSSR count).